The predicted octanol–water partition coefficient (Wildman–Crippen LogP) is 1.64. The van der Waals surface area contributed by atoms with Crippen LogP contribution in [-0.4, -0.2) is 67.6 Å². The molecule has 0 spiro atoms. The second-order valence-corrected chi connectivity index (χ2v) is 7.47. The Morgan fingerprint density at radius 3 is 2.54 bits per heavy atom. The molecule has 24 heavy (non-hydrogen) atoms. The topological polar surface area (TPSA) is 75.9 Å². The summed E-state index contributed by atoms with van der Waals surface area (Å²) in [5.41, 5.74) is 5.78. The van der Waals surface area contributed by atoms with Crippen LogP contribution in [0.4, 0.5) is 0 Å². The van der Waals surface area contributed by atoms with Crippen molar-refractivity contribution in [2.45, 2.75) is 6.04 Å². The van der Waals surface area contributed by atoms with Gasteiger partial charge in [0.2, 0.25) is 5.91 Å². The third-order valence-electron chi connectivity index (χ3n) is 3.89. The number of nitrogens with zero attached hydrogens (tertiary/aromatic N) is 2. The number of hydrogen-bond donors (Lipinski definition) is 1. The lowest BCUT2D eigenvalue weighted by Gasteiger charge is -2.35. The molecule has 132 valence electrons. The van der Waals surface area contributed by atoms with Gasteiger partial charge in [-0.25, -0.2) is 0 Å². The molecule has 1 fully saturated rings. The largest absolute Gasteiger partial charge is 0.383 e. The monoisotopic (exact) mass is 389 g/mol. The van der Waals surface area contributed by atoms with E-state index in [1.165, 1.54) is 18.4 Å². The third kappa shape index (κ3) is 3.89. The lowest BCUT2D eigenvalue weighted by molar-refractivity contribution is -0.135. The Labute approximate surface area is 154 Å². The first kappa shape index (κ1) is 19.1. The van der Waals surface area contributed by atoms with E-state index >= 15 is 0 Å². The number of thiophene rings is 2. The van der Waals surface area contributed by atoms with Crippen LogP contribution in [0.25, 0.3) is 9.40 Å². The molecule has 0 aliphatic carbocycles. The van der Waals surface area contributed by atoms with Crippen LogP contribution in [0.2, 0.25) is 0 Å². The number of ether oxygens (including phenoxy) is 1. The minimum Gasteiger partial charge on any atom is -0.383 e. The van der Waals surface area contributed by atoms with Gasteiger partial charge < -0.3 is 20.3 Å². The van der Waals surface area contributed by atoms with Gasteiger partial charge in [0.25, 0.3) is 5.91 Å². The molecular formula is C15H20ClN3O3S2. The van der Waals surface area contributed by atoms with E-state index in [1.54, 1.807) is 21.1 Å². The molecule has 1 aliphatic rings. The number of amides is 2. The van der Waals surface area contributed by atoms with Crippen LogP contribution in [0.1, 0.15) is 9.67 Å². The molecule has 9 heteroatoms. The van der Waals surface area contributed by atoms with Crippen LogP contribution >= 0.6 is 35.1 Å². The molecule has 1 atom stereocenters. The molecule has 1 saturated heterocycles. The quantitative estimate of drug-likeness (QED) is 0.862. The Bertz CT molecular complexity index is 681. The van der Waals surface area contributed by atoms with Gasteiger partial charge in [0, 0.05) is 42.7 Å². The Balaban J connectivity index is 0.00000208. The molecule has 0 saturated carbocycles. The fourth-order valence-corrected chi connectivity index (χ4v) is 4.72. The average molecular weight is 390 g/mol. The zero-order chi connectivity index (χ0) is 16.4. The minimum absolute atomic E-state index is 0. The van der Waals surface area contributed by atoms with E-state index in [4.69, 9.17) is 10.5 Å². The van der Waals surface area contributed by atoms with Gasteiger partial charge in [-0.15, -0.1) is 35.1 Å². The maximum absolute atomic E-state index is 12.6. The number of methoxy groups -OCH3 is 1. The van der Waals surface area contributed by atoms with Crippen molar-refractivity contribution in [1.29, 1.82) is 0 Å². The van der Waals surface area contributed by atoms with Gasteiger partial charge in [-0.2, -0.15) is 0 Å². The highest BCUT2D eigenvalue weighted by molar-refractivity contribution is 7.27. The van der Waals surface area contributed by atoms with Crippen LogP contribution in [0.15, 0.2) is 17.5 Å². The summed E-state index contributed by atoms with van der Waals surface area (Å²) in [5, 5.41) is 2.03. The van der Waals surface area contributed by atoms with E-state index in [-0.39, 0.29) is 30.8 Å². The van der Waals surface area contributed by atoms with Crippen molar-refractivity contribution in [1.82, 2.24) is 9.80 Å². The fourth-order valence-electron chi connectivity index (χ4n) is 2.64. The number of nitrogens with two attached hydrogens (primary N) is 1. The number of piperazine rings is 1. The molecule has 1 unspecified atom stereocenters. The standard InChI is InChI=1S/C15H19N3O3S2.ClH/c1-21-9-10(16)14(19)17-3-5-18(6-4-17)15(20)13-8-12-11(23-13)2-7-22-12;/h2,7-8,10H,3-6,9,16H2,1H3;1H. The van der Waals surface area contributed by atoms with Gasteiger partial charge in [-0.3, -0.25) is 9.59 Å². The summed E-state index contributed by atoms with van der Waals surface area (Å²) in [4.78, 5) is 29.0. The van der Waals surface area contributed by atoms with Crippen molar-refractivity contribution >= 4 is 56.3 Å². The van der Waals surface area contributed by atoms with E-state index in [9.17, 15) is 9.59 Å². The second kappa shape index (κ2) is 8.26. The van der Waals surface area contributed by atoms with E-state index in [0.717, 1.165) is 14.3 Å². The Morgan fingerprint density at radius 2 is 1.92 bits per heavy atom. The summed E-state index contributed by atoms with van der Waals surface area (Å²) in [6, 6.07) is 3.36. The van der Waals surface area contributed by atoms with Gasteiger partial charge in [-0.1, -0.05) is 0 Å². The van der Waals surface area contributed by atoms with E-state index in [2.05, 4.69) is 0 Å². The van der Waals surface area contributed by atoms with Crippen LogP contribution in [0.5, 0.6) is 0 Å². The zero-order valence-electron chi connectivity index (χ0n) is 13.3. The summed E-state index contributed by atoms with van der Waals surface area (Å²) < 4.78 is 7.22. The minimum atomic E-state index is -0.633. The third-order valence-corrected chi connectivity index (χ3v) is 5.97. The summed E-state index contributed by atoms with van der Waals surface area (Å²) in [6.45, 7) is 2.32. The number of carbonyl (C=O) groups is 2. The first-order chi connectivity index (χ1) is 11.1. The highest BCUT2D eigenvalue weighted by Gasteiger charge is 2.28. The smallest absolute Gasteiger partial charge is 0.264 e. The summed E-state index contributed by atoms with van der Waals surface area (Å²) in [7, 11) is 1.52. The van der Waals surface area contributed by atoms with Crippen molar-refractivity contribution in [2.24, 2.45) is 5.73 Å². The number of fused-ring (bicyclic) bond motifs is 1. The molecule has 0 aromatic carbocycles. The first-order valence-electron chi connectivity index (χ1n) is 7.39. The molecule has 2 N–H and O–H groups in total. The number of hydrogen-bond acceptors (Lipinski definition) is 6. The summed E-state index contributed by atoms with van der Waals surface area (Å²) >= 11 is 3.17. The molecular weight excluding hydrogens is 370 g/mol. The van der Waals surface area contributed by atoms with Crippen molar-refractivity contribution in [3.8, 4) is 0 Å². The normalized spacial score (nSPS) is 16.1. The van der Waals surface area contributed by atoms with Crippen molar-refractivity contribution in [2.75, 3.05) is 39.9 Å². The number of carbonyl (C=O) groups excluding carboxylic acids is 2. The van der Waals surface area contributed by atoms with Crippen LogP contribution in [-0.2, 0) is 9.53 Å². The average Bonchev–Trinajstić information content (AvgIpc) is 3.15. The van der Waals surface area contributed by atoms with Gasteiger partial charge in [0.15, 0.2) is 0 Å². The fraction of sp³-hybridized carbons (Fsp3) is 0.467. The van der Waals surface area contributed by atoms with Gasteiger partial charge in [0.05, 0.1) is 11.5 Å². The molecule has 2 amide bonds. The van der Waals surface area contributed by atoms with E-state index in [1.807, 2.05) is 17.5 Å². The van der Waals surface area contributed by atoms with E-state index < -0.39 is 6.04 Å². The summed E-state index contributed by atoms with van der Waals surface area (Å²) in [6.07, 6.45) is 0. The SMILES string of the molecule is COCC(N)C(=O)N1CCN(C(=O)c2cc3sccc3s2)CC1.Cl. The van der Waals surface area contributed by atoms with Crippen molar-refractivity contribution < 1.29 is 14.3 Å². The molecule has 3 heterocycles. The lowest BCUT2D eigenvalue weighted by atomic mass is 10.2. The second-order valence-electron chi connectivity index (χ2n) is 5.44. The molecule has 0 bridgehead atoms. The predicted molar refractivity (Wildman–Crippen MR) is 99.3 cm³/mol. The molecule has 6 nitrogen and oxygen atoms in total. The Kier molecular flexibility index (Phi) is 6.59. The van der Waals surface area contributed by atoms with Gasteiger partial charge in [-0.05, 0) is 17.5 Å². The highest BCUT2D eigenvalue weighted by Crippen LogP contribution is 2.30. The Hall–Kier alpha value is -1.19. The van der Waals surface area contributed by atoms with Gasteiger partial charge >= 0.3 is 0 Å². The maximum atomic E-state index is 12.6. The van der Waals surface area contributed by atoms with Crippen LogP contribution < -0.4 is 5.73 Å². The van der Waals surface area contributed by atoms with E-state index in [0.29, 0.717) is 26.2 Å². The van der Waals surface area contributed by atoms with Gasteiger partial charge in [0.1, 0.15) is 6.04 Å². The first-order valence-corrected chi connectivity index (χ1v) is 9.09. The Morgan fingerprint density at radius 1 is 1.25 bits per heavy atom. The highest BCUT2D eigenvalue weighted by atomic mass is 35.5. The molecule has 1 aliphatic heterocycles. The van der Waals surface area contributed by atoms with Crippen molar-refractivity contribution in [3.05, 3.63) is 22.4 Å². The molecule has 2 aromatic rings. The van der Waals surface area contributed by atoms with Crippen LogP contribution in [0.3, 0.4) is 0 Å². The van der Waals surface area contributed by atoms with Crippen molar-refractivity contribution in [3.63, 3.8) is 0 Å². The maximum Gasteiger partial charge on any atom is 0.264 e. The van der Waals surface area contributed by atoms with Crippen LogP contribution in [0, 0.1) is 0 Å². The molecule has 0 radical (unpaired) electrons. The lowest BCUT2D eigenvalue weighted by Crippen LogP contribution is -2.55. The number of halogens is 1. The summed E-state index contributed by atoms with van der Waals surface area (Å²) in [5.74, 6) is -0.0673. The number of rotatable bonds is 4. The molecule has 2 aromatic heterocycles. The zero-order valence-corrected chi connectivity index (χ0v) is 15.7. The molecule has 3 rings (SSSR count).